The van der Waals surface area contributed by atoms with Crippen molar-refractivity contribution < 1.29 is 9.59 Å². The predicted octanol–water partition coefficient (Wildman–Crippen LogP) is 1.61. The van der Waals surface area contributed by atoms with Crippen LogP contribution in [0.25, 0.3) is 0 Å². The summed E-state index contributed by atoms with van der Waals surface area (Å²) < 4.78 is 0. The molecule has 5 nitrogen and oxygen atoms in total. The van der Waals surface area contributed by atoms with Crippen molar-refractivity contribution in [2.45, 2.75) is 32.7 Å². The number of hydrogen-bond acceptors (Lipinski definition) is 2. The summed E-state index contributed by atoms with van der Waals surface area (Å²) in [6.45, 7) is 6.91. The fourth-order valence-corrected chi connectivity index (χ4v) is 1.77. The van der Waals surface area contributed by atoms with Crippen molar-refractivity contribution in [3.05, 3.63) is 35.4 Å². The number of carbonyl (C=O) groups is 2. The van der Waals surface area contributed by atoms with Gasteiger partial charge < -0.3 is 16.0 Å². The number of amides is 3. The highest BCUT2D eigenvalue weighted by Crippen LogP contribution is 2.22. The van der Waals surface area contributed by atoms with Gasteiger partial charge in [-0.05, 0) is 16.5 Å². The molecule has 3 amide bonds. The van der Waals surface area contributed by atoms with Gasteiger partial charge >= 0.3 is 6.03 Å². The molecule has 1 aromatic rings. The predicted molar refractivity (Wildman–Crippen MR) is 79.2 cm³/mol. The topological polar surface area (TPSA) is 75.4 Å². The fourth-order valence-electron chi connectivity index (χ4n) is 1.77. The standard InChI is InChI=1S/C15H23N3O2/c1-15(2,3)12-7-5-11(6-8-12)10-18(4)13(19)9-17-14(16)20/h5-8H,9-10H2,1-4H3,(H3,16,17,20). The molecule has 20 heavy (non-hydrogen) atoms. The molecular weight excluding hydrogens is 254 g/mol. The highest BCUT2D eigenvalue weighted by molar-refractivity contribution is 5.83. The van der Waals surface area contributed by atoms with Gasteiger partial charge in [0.05, 0.1) is 6.54 Å². The highest BCUT2D eigenvalue weighted by Gasteiger charge is 2.14. The minimum Gasteiger partial charge on any atom is -0.352 e. The molecule has 0 radical (unpaired) electrons. The normalized spacial score (nSPS) is 11.0. The van der Waals surface area contributed by atoms with Crippen molar-refractivity contribution in [1.82, 2.24) is 10.2 Å². The summed E-state index contributed by atoms with van der Waals surface area (Å²) in [6.07, 6.45) is 0. The van der Waals surface area contributed by atoms with E-state index in [1.54, 1.807) is 11.9 Å². The van der Waals surface area contributed by atoms with E-state index in [-0.39, 0.29) is 17.9 Å². The summed E-state index contributed by atoms with van der Waals surface area (Å²) in [5.74, 6) is -0.177. The van der Waals surface area contributed by atoms with E-state index in [2.05, 4.69) is 38.2 Å². The number of urea groups is 1. The van der Waals surface area contributed by atoms with Crippen LogP contribution < -0.4 is 11.1 Å². The Bertz CT molecular complexity index is 475. The maximum atomic E-state index is 11.7. The van der Waals surface area contributed by atoms with Gasteiger partial charge in [-0.3, -0.25) is 4.79 Å². The first-order valence-electron chi connectivity index (χ1n) is 6.57. The van der Waals surface area contributed by atoms with Gasteiger partial charge in [0.25, 0.3) is 0 Å². The van der Waals surface area contributed by atoms with Crippen molar-refractivity contribution in [3.8, 4) is 0 Å². The van der Waals surface area contributed by atoms with E-state index in [9.17, 15) is 9.59 Å². The molecule has 0 saturated carbocycles. The summed E-state index contributed by atoms with van der Waals surface area (Å²) in [6, 6.07) is 7.50. The van der Waals surface area contributed by atoms with Crippen LogP contribution in [0.5, 0.6) is 0 Å². The Morgan fingerprint density at radius 3 is 2.20 bits per heavy atom. The van der Waals surface area contributed by atoms with Gasteiger partial charge in [0.2, 0.25) is 5.91 Å². The monoisotopic (exact) mass is 277 g/mol. The molecule has 0 fully saturated rings. The minimum atomic E-state index is -0.693. The van der Waals surface area contributed by atoms with E-state index in [1.807, 2.05) is 12.1 Å². The highest BCUT2D eigenvalue weighted by atomic mass is 16.2. The van der Waals surface area contributed by atoms with Crippen molar-refractivity contribution >= 4 is 11.9 Å². The Kier molecular flexibility index (Phi) is 5.13. The second kappa shape index (κ2) is 6.41. The van der Waals surface area contributed by atoms with Crippen LogP contribution in [-0.2, 0) is 16.8 Å². The van der Waals surface area contributed by atoms with Crippen LogP contribution in [0.2, 0.25) is 0 Å². The molecule has 5 heteroatoms. The Balaban J connectivity index is 2.60. The van der Waals surface area contributed by atoms with E-state index < -0.39 is 6.03 Å². The number of benzene rings is 1. The van der Waals surface area contributed by atoms with E-state index in [0.717, 1.165) is 5.56 Å². The van der Waals surface area contributed by atoms with Crippen LogP contribution in [0.4, 0.5) is 4.79 Å². The second-order valence-electron chi connectivity index (χ2n) is 5.91. The third kappa shape index (κ3) is 4.91. The summed E-state index contributed by atoms with van der Waals surface area (Å²) in [5.41, 5.74) is 7.35. The van der Waals surface area contributed by atoms with E-state index in [0.29, 0.717) is 6.54 Å². The number of rotatable bonds is 4. The maximum Gasteiger partial charge on any atom is 0.312 e. The number of hydrogen-bond donors (Lipinski definition) is 2. The maximum absolute atomic E-state index is 11.7. The third-order valence-corrected chi connectivity index (χ3v) is 3.08. The Morgan fingerprint density at radius 1 is 1.20 bits per heavy atom. The van der Waals surface area contributed by atoms with E-state index in [1.165, 1.54) is 5.56 Å². The summed E-state index contributed by atoms with van der Waals surface area (Å²) in [4.78, 5) is 23.8. The zero-order valence-electron chi connectivity index (χ0n) is 12.6. The summed E-state index contributed by atoms with van der Waals surface area (Å²) >= 11 is 0. The molecule has 110 valence electrons. The second-order valence-corrected chi connectivity index (χ2v) is 5.91. The van der Waals surface area contributed by atoms with Crippen molar-refractivity contribution in [3.63, 3.8) is 0 Å². The van der Waals surface area contributed by atoms with Crippen LogP contribution in [-0.4, -0.2) is 30.4 Å². The SMILES string of the molecule is CN(Cc1ccc(C(C)(C)C)cc1)C(=O)CNC(N)=O. The van der Waals surface area contributed by atoms with Crippen LogP contribution >= 0.6 is 0 Å². The first-order valence-corrected chi connectivity index (χ1v) is 6.57. The van der Waals surface area contributed by atoms with Crippen LogP contribution in [0.3, 0.4) is 0 Å². The van der Waals surface area contributed by atoms with Crippen LogP contribution in [0.15, 0.2) is 24.3 Å². The fraction of sp³-hybridized carbons (Fsp3) is 0.467. The molecule has 1 aromatic carbocycles. The van der Waals surface area contributed by atoms with Gasteiger partial charge in [0.1, 0.15) is 0 Å². The number of carbonyl (C=O) groups excluding carboxylic acids is 2. The Hall–Kier alpha value is -2.04. The number of nitrogens with two attached hydrogens (primary N) is 1. The van der Waals surface area contributed by atoms with Gasteiger partial charge in [0.15, 0.2) is 0 Å². The Labute approximate surface area is 120 Å². The molecule has 0 aliphatic heterocycles. The lowest BCUT2D eigenvalue weighted by molar-refractivity contribution is -0.129. The van der Waals surface area contributed by atoms with E-state index >= 15 is 0 Å². The number of nitrogens with one attached hydrogen (secondary N) is 1. The molecule has 3 N–H and O–H groups in total. The molecule has 0 unspecified atom stereocenters. The number of nitrogens with zero attached hydrogens (tertiary/aromatic N) is 1. The average molecular weight is 277 g/mol. The van der Waals surface area contributed by atoms with E-state index in [4.69, 9.17) is 5.73 Å². The zero-order valence-corrected chi connectivity index (χ0v) is 12.6. The van der Waals surface area contributed by atoms with Crippen LogP contribution in [0, 0.1) is 0 Å². The number of primary amides is 1. The van der Waals surface area contributed by atoms with Gasteiger partial charge in [-0.25, -0.2) is 4.79 Å². The largest absolute Gasteiger partial charge is 0.352 e. The lowest BCUT2D eigenvalue weighted by Crippen LogP contribution is -2.40. The molecule has 0 bridgehead atoms. The van der Waals surface area contributed by atoms with Crippen molar-refractivity contribution in [1.29, 1.82) is 0 Å². The molecular formula is C15H23N3O2. The zero-order chi connectivity index (χ0) is 15.3. The van der Waals surface area contributed by atoms with Crippen LogP contribution in [0.1, 0.15) is 31.9 Å². The summed E-state index contributed by atoms with van der Waals surface area (Å²) in [5, 5.41) is 2.29. The lowest BCUT2D eigenvalue weighted by atomic mass is 9.87. The average Bonchev–Trinajstić information content (AvgIpc) is 2.35. The van der Waals surface area contributed by atoms with Gasteiger partial charge in [0, 0.05) is 13.6 Å². The van der Waals surface area contributed by atoms with Gasteiger partial charge in [-0.1, -0.05) is 45.0 Å². The Morgan fingerprint density at radius 2 is 1.75 bits per heavy atom. The lowest BCUT2D eigenvalue weighted by Gasteiger charge is -2.21. The smallest absolute Gasteiger partial charge is 0.312 e. The first-order chi connectivity index (χ1) is 9.20. The van der Waals surface area contributed by atoms with Gasteiger partial charge in [-0.2, -0.15) is 0 Å². The molecule has 0 aromatic heterocycles. The van der Waals surface area contributed by atoms with Crippen molar-refractivity contribution in [2.75, 3.05) is 13.6 Å². The van der Waals surface area contributed by atoms with Gasteiger partial charge in [-0.15, -0.1) is 0 Å². The molecule has 0 aliphatic carbocycles. The quantitative estimate of drug-likeness (QED) is 0.877. The minimum absolute atomic E-state index is 0.0775. The third-order valence-electron chi connectivity index (χ3n) is 3.08. The number of likely N-dealkylation sites (N-methyl/N-ethyl adjacent to an activating group) is 1. The molecule has 0 atom stereocenters. The molecule has 0 aliphatic rings. The molecule has 0 saturated heterocycles. The van der Waals surface area contributed by atoms with Crippen molar-refractivity contribution in [2.24, 2.45) is 5.73 Å². The summed E-state index contributed by atoms with van der Waals surface area (Å²) in [7, 11) is 1.70. The molecule has 0 spiro atoms. The molecule has 0 heterocycles. The molecule has 1 rings (SSSR count). The first kappa shape index (κ1) is 16.0.